The van der Waals surface area contributed by atoms with Crippen molar-refractivity contribution in [2.24, 2.45) is 0 Å². The molecule has 0 radical (unpaired) electrons. The number of nitrogens with zero attached hydrogens (tertiary/aromatic N) is 3. The fourth-order valence-electron chi connectivity index (χ4n) is 2.25. The predicted molar refractivity (Wildman–Crippen MR) is 82.8 cm³/mol. The van der Waals surface area contributed by atoms with Crippen molar-refractivity contribution in [2.45, 2.75) is 13.1 Å². The number of benzene rings is 1. The summed E-state index contributed by atoms with van der Waals surface area (Å²) >= 11 is 0. The molecule has 5 heteroatoms. The molecule has 0 unspecified atom stereocenters. The average molecular weight is 292 g/mol. The Bertz CT molecular complexity index is 711. The molecule has 0 spiro atoms. The van der Waals surface area contributed by atoms with Crippen LogP contribution in [0.15, 0.2) is 67.3 Å². The van der Waals surface area contributed by atoms with Crippen LogP contribution in [0.2, 0.25) is 0 Å². The number of aromatic nitrogens is 3. The van der Waals surface area contributed by atoms with Gasteiger partial charge in [0.1, 0.15) is 5.82 Å². The Morgan fingerprint density at radius 2 is 1.77 bits per heavy atom. The van der Waals surface area contributed by atoms with Gasteiger partial charge in [0.05, 0.1) is 6.54 Å². The summed E-state index contributed by atoms with van der Waals surface area (Å²) in [6.07, 6.45) is 6.70. The van der Waals surface area contributed by atoms with Crippen molar-refractivity contribution >= 4 is 5.91 Å². The van der Waals surface area contributed by atoms with E-state index in [1.54, 1.807) is 41.8 Å². The summed E-state index contributed by atoms with van der Waals surface area (Å²) in [5.41, 5.74) is 1.70. The van der Waals surface area contributed by atoms with Gasteiger partial charge >= 0.3 is 0 Å². The second-order valence-corrected chi connectivity index (χ2v) is 4.92. The lowest BCUT2D eigenvalue weighted by Crippen LogP contribution is -2.30. The van der Waals surface area contributed by atoms with Crippen LogP contribution in [-0.2, 0) is 13.1 Å². The number of hydrogen-bond acceptors (Lipinski definition) is 3. The van der Waals surface area contributed by atoms with Crippen LogP contribution in [-0.4, -0.2) is 25.8 Å². The number of nitrogens with one attached hydrogen (secondary N) is 1. The minimum absolute atomic E-state index is 0.0392. The molecule has 5 nitrogen and oxygen atoms in total. The number of pyridine rings is 1. The van der Waals surface area contributed by atoms with Gasteiger partial charge in [0.2, 0.25) is 0 Å². The summed E-state index contributed by atoms with van der Waals surface area (Å²) in [4.78, 5) is 25.7. The fraction of sp³-hybridized carbons (Fsp3) is 0.118. The van der Waals surface area contributed by atoms with Crippen LogP contribution in [0.5, 0.6) is 0 Å². The van der Waals surface area contributed by atoms with Crippen LogP contribution >= 0.6 is 0 Å². The molecule has 2 aromatic heterocycles. The van der Waals surface area contributed by atoms with Gasteiger partial charge in [0.15, 0.2) is 0 Å². The maximum atomic E-state index is 12.7. The van der Waals surface area contributed by atoms with Crippen molar-refractivity contribution in [3.8, 4) is 0 Å². The summed E-state index contributed by atoms with van der Waals surface area (Å²) in [6, 6.07) is 13.4. The molecule has 0 saturated carbocycles. The fourth-order valence-corrected chi connectivity index (χ4v) is 2.25. The van der Waals surface area contributed by atoms with Gasteiger partial charge in [-0.15, -0.1) is 0 Å². The molecule has 0 aliphatic carbocycles. The highest BCUT2D eigenvalue weighted by Crippen LogP contribution is 2.12. The van der Waals surface area contributed by atoms with Gasteiger partial charge in [-0.05, 0) is 17.7 Å². The SMILES string of the molecule is O=C(c1ccncc1)N(Cc1ccccc1)Cc1ncc[nH]1. The zero-order valence-electron chi connectivity index (χ0n) is 12.0. The molecule has 0 bridgehead atoms. The second kappa shape index (κ2) is 6.67. The van der Waals surface area contributed by atoms with Crippen LogP contribution in [0.1, 0.15) is 21.7 Å². The molecule has 110 valence electrons. The highest BCUT2D eigenvalue weighted by molar-refractivity contribution is 5.93. The maximum Gasteiger partial charge on any atom is 0.254 e. The summed E-state index contributed by atoms with van der Waals surface area (Å²) < 4.78 is 0. The van der Waals surface area contributed by atoms with E-state index >= 15 is 0 Å². The van der Waals surface area contributed by atoms with Crippen molar-refractivity contribution in [1.82, 2.24) is 19.9 Å². The van der Waals surface area contributed by atoms with Crippen LogP contribution < -0.4 is 0 Å². The van der Waals surface area contributed by atoms with Crippen molar-refractivity contribution < 1.29 is 4.79 Å². The molecule has 0 aliphatic heterocycles. The zero-order chi connectivity index (χ0) is 15.2. The van der Waals surface area contributed by atoms with E-state index in [4.69, 9.17) is 0 Å². The Kier molecular flexibility index (Phi) is 4.25. The number of H-pyrrole nitrogens is 1. The summed E-state index contributed by atoms with van der Waals surface area (Å²) in [6.45, 7) is 0.964. The van der Waals surface area contributed by atoms with Crippen LogP contribution in [0, 0.1) is 0 Å². The van der Waals surface area contributed by atoms with E-state index in [9.17, 15) is 4.79 Å². The lowest BCUT2D eigenvalue weighted by atomic mass is 10.2. The van der Waals surface area contributed by atoms with E-state index in [1.165, 1.54) is 0 Å². The third kappa shape index (κ3) is 3.38. The molecule has 3 aromatic rings. The zero-order valence-corrected chi connectivity index (χ0v) is 12.0. The standard InChI is InChI=1S/C17H16N4O/c22-17(15-6-8-18-9-7-15)21(13-16-19-10-11-20-16)12-14-4-2-1-3-5-14/h1-11H,12-13H2,(H,19,20). The predicted octanol–water partition coefficient (Wildman–Crippen LogP) is 2.65. The lowest BCUT2D eigenvalue weighted by Gasteiger charge is -2.22. The van der Waals surface area contributed by atoms with Gasteiger partial charge in [0, 0.05) is 36.9 Å². The first-order valence-corrected chi connectivity index (χ1v) is 7.04. The van der Waals surface area contributed by atoms with Gasteiger partial charge in [0.25, 0.3) is 5.91 Å². The molecule has 0 aliphatic rings. The van der Waals surface area contributed by atoms with E-state index < -0.39 is 0 Å². The van der Waals surface area contributed by atoms with Gasteiger partial charge < -0.3 is 9.88 Å². The van der Waals surface area contributed by atoms with Gasteiger partial charge in [-0.25, -0.2) is 4.98 Å². The van der Waals surface area contributed by atoms with Crippen molar-refractivity contribution in [3.63, 3.8) is 0 Å². The molecule has 1 aromatic carbocycles. The number of amides is 1. The minimum Gasteiger partial charge on any atom is -0.347 e. The first kappa shape index (κ1) is 14.0. The molecule has 0 atom stereocenters. The van der Waals surface area contributed by atoms with E-state index in [0.717, 1.165) is 11.4 Å². The normalized spacial score (nSPS) is 10.4. The molecule has 22 heavy (non-hydrogen) atoms. The Morgan fingerprint density at radius 1 is 1.00 bits per heavy atom. The molecular formula is C17H16N4O. The van der Waals surface area contributed by atoms with Crippen LogP contribution in [0.25, 0.3) is 0 Å². The van der Waals surface area contributed by atoms with Crippen LogP contribution in [0.4, 0.5) is 0 Å². The number of rotatable bonds is 5. The van der Waals surface area contributed by atoms with E-state index in [-0.39, 0.29) is 5.91 Å². The largest absolute Gasteiger partial charge is 0.347 e. The Balaban J connectivity index is 1.84. The quantitative estimate of drug-likeness (QED) is 0.786. The number of aromatic amines is 1. The van der Waals surface area contributed by atoms with E-state index in [2.05, 4.69) is 15.0 Å². The number of imidazole rings is 1. The molecular weight excluding hydrogens is 276 g/mol. The summed E-state index contributed by atoms with van der Waals surface area (Å²) in [7, 11) is 0. The average Bonchev–Trinajstić information content (AvgIpc) is 3.08. The Hall–Kier alpha value is -2.95. The molecule has 0 saturated heterocycles. The Labute approximate surface area is 128 Å². The van der Waals surface area contributed by atoms with Crippen molar-refractivity contribution in [1.29, 1.82) is 0 Å². The monoisotopic (exact) mass is 292 g/mol. The molecule has 0 fully saturated rings. The first-order valence-electron chi connectivity index (χ1n) is 7.04. The maximum absolute atomic E-state index is 12.7. The van der Waals surface area contributed by atoms with Crippen LogP contribution in [0.3, 0.4) is 0 Å². The van der Waals surface area contributed by atoms with E-state index in [1.807, 2.05) is 30.3 Å². The Morgan fingerprint density at radius 3 is 2.45 bits per heavy atom. The first-order chi connectivity index (χ1) is 10.8. The van der Waals surface area contributed by atoms with Crippen molar-refractivity contribution in [2.75, 3.05) is 0 Å². The molecule has 3 rings (SSSR count). The highest BCUT2D eigenvalue weighted by atomic mass is 16.2. The second-order valence-electron chi connectivity index (χ2n) is 4.92. The summed E-state index contributed by atoms with van der Waals surface area (Å²) in [5.74, 6) is 0.723. The number of carbonyl (C=O) groups excluding carboxylic acids is 1. The third-order valence-corrected chi connectivity index (χ3v) is 3.33. The topological polar surface area (TPSA) is 61.9 Å². The minimum atomic E-state index is -0.0392. The summed E-state index contributed by atoms with van der Waals surface area (Å²) in [5, 5.41) is 0. The van der Waals surface area contributed by atoms with E-state index in [0.29, 0.717) is 18.7 Å². The molecule has 1 amide bonds. The van der Waals surface area contributed by atoms with Gasteiger partial charge in [-0.1, -0.05) is 30.3 Å². The number of carbonyl (C=O) groups is 1. The van der Waals surface area contributed by atoms with Crippen molar-refractivity contribution in [3.05, 3.63) is 84.2 Å². The highest BCUT2D eigenvalue weighted by Gasteiger charge is 2.17. The van der Waals surface area contributed by atoms with Gasteiger partial charge in [-0.3, -0.25) is 9.78 Å². The smallest absolute Gasteiger partial charge is 0.254 e. The molecule has 1 N–H and O–H groups in total. The molecule has 2 heterocycles. The third-order valence-electron chi connectivity index (χ3n) is 3.33. The number of hydrogen-bond donors (Lipinski definition) is 1. The lowest BCUT2D eigenvalue weighted by molar-refractivity contribution is 0.0725. The van der Waals surface area contributed by atoms with Gasteiger partial charge in [-0.2, -0.15) is 0 Å².